The van der Waals surface area contributed by atoms with Crippen LogP contribution in [0, 0.1) is 16.0 Å². The number of benzene rings is 1. The van der Waals surface area contributed by atoms with Gasteiger partial charge in [-0.3, -0.25) is 10.1 Å². The highest BCUT2D eigenvalue weighted by Gasteiger charge is 2.20. The standard InChI is InChI=1S/C22H31N5O3/c28-27(29)20-16-18(9-10-19(20)23-12-5-15-26-13-3-4-14-26)22-24-21(30-25-22)11-8-17-6-1-2-7-17/h9-10,16-17,23H,1-8,11-15H2. The van der Waals surface area contributed by atoms with E-state index in [1.165, 1.54) is 57.7 Å². The summed E-state index contributed by atoms with van der Waals surface area (Å²) < 4.78 is 5.39. The van der Waals surface area contributed by atoms with Crippen LogP contribution in [0.1, 0.15) is 57.3 Å². The third-order valence-electron chi connectivity index (χ3n) is 6.33. The van der Waals surface area contributed by atoms with Crippen LogP contribution in [0.2, 0.25) is 0 Å². The zero-order chi connectivity index (χ0) is 20.8. The molecule has 1 N–H and O–H groups in total. The maximum atomic E-state index is 11.6. The molecule has 8 heteroatoms. The molecule has 4 rings (SSSR count). The van der Waals surface area contributed by atoms with Crippen molar-refractivity contribution >= 4 is 11.4 Å². The highest BCUT2D eigenvalue weighted by molar-refractivity contribution is 5.70. The number of aryl methyl sites for hydroxylation is 1. The lowest BCUT2D eigenvalue weighted by Gasteiger charge is -2.14. The van der Waals surface area contributed by atoms with Gasteiger partial charge in [-0.15, -0.1) is 0 Å². The van der Waals surface area contributed by atoms with E-state index in [9.17, 15) is 10.1 Å². The largest absolute Gasteiger partial charge is 0.379 e. The molecule has 0 radical (unpaired) electrons. The molecule has 2 aromatic rings. The Labute approximate surface area is 177 Å². The first kappa shape index (κ1) is 20.8. The number of anilines is 1. The topological polar surface area (TPSA) is 97.3 Å². The molecule has 0 bridgehead atoms. The molecule has 1 saturated carbocycles. The fraction of sp³-hybridized carbons (Fsp3) is 0.636. The molecule has 2 aliphatic rings. The molecule has 8 nitrogen and oxygen atoms in total. The van der Waals surface area contributed by atoms with Crippen LogP contribution in [0.15, 0.2) is 22.7 Å². The second-order valence-corrected chi connectivity index (χ2v) is 8.52. The van der Waals surface area contributed by atoms with Gasteiger partial charge in [0.25, 0.3) is 5.69 Å². The number of nitro groups is 1. The van der Waals surface area contributed by atoms with Crippen molar-refractivity contribution in [1.82, 2.24) is 15.0 Å². The average molecular weight is 414 g/mol. The Balaban J connectivity index is 1.35. The number of aromatic nitrogens is 2. The second kappa shape index (κ2) is 10.0. The van der Waals surface area contributed by atoms with Crippen LogP contribution in [-0.2, 0) is 6.42 Å². The highest BCUT2D eigenvalue weighted by atomic mass is 16.6. The molecule has 0 amide bonds. The first-order valence-corrected chi connectivity index (χ1v) is 11.3. The van der Waals surface area contributed by atoms with Gasteiger partial charge in [0.2, 0.25) is 11.7 Å². The van der Waals surface area contributed by atoms with Gasteiger partial charge in [0.1, 0.15) is 5.69 Å². The van der Waals surface area contributed by atoms with Gasteiger partial charge in [-0.2, -0.15) is 4.98 Å². The van der Waals surface area contributed by atoms with E-state index in [1.807, 2.05) is 6.07 Å². The van der Waals surface area contributed by atoms with Gasteiger partial charge in [-0.05, 0) is 63.4 Å². The molecular weight excluding hydrogens is 382 g/mol. The number of rotatable bonds is 10. The number of hydrogen-bond acceptors (Lipinski definition) is 7. The molecule has 2 fully saturated rings. The number of hydrogen-bond donors (Lipinski definition) is 1. The predicted octanol–water partition coefficient (Wildman–Crippen LogP) is 4.67. The number of nitrogens with one attached hydrogen (secondary N) is 1. The van der Waals surface area contributed by atoms with Gasteiger partial charge < -0.3 is 14.7 Å². The van der Waals surface area contributed by atoms with E-state index >= 15 is 0 Å². The van der Waals surface area contributed by atoms with Crippen LogP contribution in [0.25, 0.3) is 11.4 Å². The summed E-state index contributed by atoms with van der Waals surface area (Å²) in [5.74, 6) is 1.79. The van der Waals surface area contributed by atoms with Crippen LogP contribution >= 0.6 is 0 Å². The quantitative estimate of drug-likeness (QED) is 0.343. The first-order chi connectivity index (χ1) is 14.7. The van der Waals surface area contributed by atoms with E-state index in [1.54, 1.807) is 6.07 Å². The number of likely N-dealkylation sites (tertiary alicyclic amines) is 1. The molecular formula is C22H31N5O3. The van der Waals surface area contributed by atoms with Crippen molar-refractivity contribution in [2.75, 3.05) is 31.5 Å². The lowest BCUT2D eigenvalue weighted by molar-refractivity contribution is -0.383. The van der Waals surface area contributed by atoms with Crippen molar-refractivity contribution in [2.45, 2.75) is 57.8 Å². The van der Waals surface area contributed by atoms with Crippen molar-refractivity contribution in [1.29, 1.82) is 0 Å². The molecule has 1 aliphatic carbocycles. The Morgan fingerprint density at radius 1 is 1.20 bits per heavy atom. The molecule has 30 heavy (non-hydrogen) atoms. The molecule has 1 aromatic carbocycles. The first-order valence-electron chi connectivity index (χ1n) is 11.3. The smallest absolute Gasteiger partial charge is 0.293 e. The summed E-state index contributed by atoms with van der Waals surface area (Å²) >= 11 is 0. The van der Waals surface area contributed by atoms with E-state index in [2.05, 4.69) is 20.4 Å². The van der Waals surface area contributed by atoms with E-state index in [0.29, 0.717) is 29.5 Å². The van der Waals surface area contributed by atoms with Crippen molar-refractivity contribution in [3.05, 3.63) is 34.2 Å². The fourth-order valence-electron chi connectivity index (χ4n) is 4.60. The second-order valence-electron chi connectivity index (χ2n) is 8.52. The molecule has 0 atom stereocenters. The van der Waals surface area contributed by atoms with Crippen molar-refractivity contribution in [3.63, 3.8) is 0 Å². The van der Waals surface area contributed by atoms with Gasteiger partial charge in [0, 0.05) is 24.6 Å². The minimum atomic E-state index is -0.354. The maximum Gasteiger partial charge on any atom is 0.293 e. The maximum absolute atomic E-state index is 11.6. The molecule has 162 valence electrons. The van der Waals surface area contributed by atoms with E-state index in [4.69, 9.17) is 4.52 Å². The zero-order valence-corrected chi connectivity index (χ0v) is 17.5. The summed E-state index contributed by atoms with van der Waals surface area (Å²) in [6, 6.07) is 5.10. The summed E-state index contributed by atoms with van der Waals surface area (Å²) in [6.45, 7) is 4.08. The van der Waals surface area contributed by atoms with Crippen molar-refractivity contribution < 1.29 is 9.45 Å². The minimum Gasteiger partial charge on any atom is -0.379 e. The van der Waals surface area contributed by atoms with Crippen LogP contribution in [-0.4, -0.2) is 46.1 Å². The molecule has 1 saturated heterocycles. The minimum absolute atomic E-state index is 0.0472. The molecule has 2 heterocycles. The SMILES string of the molecule is O=[N+]([O-])c1cc(-c2noc(CCC3CCCC3)n2)ccc1NCCCN1CCCC1. The van der Waals surface area contributed by atoms with Crippen molar-refractivity contribution in [2.24, 2.45) is 5.92 Å². The summed E-state index contributed by atoms with van der Waals surface area (Å²) in [7, 11) is 0. The molecule has 0 unspecified atom stereocenters. The van der Waals surface area contributed by atoms with Gasteiger partial charge in [-0.25, -0.2) is 0 Å². The van der Waals surface area contributed by atoms with Gasteiger partial charge >= 0.3 is 0 Å². The summed E-state index contributed by atoms with van der Waals surface area (Å²) in [4.78, 5) is 18.2. The zero-order valence-electron chi connectivity index (χ0n) is 17.5. The van der Waals surface area contributed by atoms with Crippen molar-refractivity contribution in [3.8, 4) is 11.4 Å². The van der Waals surface area contributed by atoms with Gasteiger partial charge in [0.05, 0.1) is 4.92 Å². The third kappa shape index (κ3) is 5.36. The highest BCUT2D eigenvalue weighted by Crippen LogP contribution is 2.31. The fourth-order valence-corrected chi connectivity index (χ4v) is 4.60. The van der Waals surface area contributed by atoms with Crippen LogP contribution in [0.3, 0.4) is 0 Å². The van der Waals surface area contributed by atoms with Crippen LogP contribution in [0.5, 0.6) is 0 Å². The Morgan fingerprint density at radius 2 is 2.00 bits per heavy atom. The van der Waals surface area contributed by atoms with Gasteiger partial charge in [-0.1, -0.05) is 30.8 Å². The average Bonchev–Trinajstić information content (AvgIpc) is 3.52. The van der Waals surface area contributed by atoms with E-state index < -0.39 is 0 Å². The monoisotopic (exact) mass is 413 g/mol. The molecule has 0 spiro atoms. The number of nitro benzene ring substituents is 1. The Hall–Kier alpha value is -2.48. The Morgan fingerprint density at radius 3 is 2.77 bits per heavy atom. The molecule has 1 aliphatic heterocycles. The summed E-state index contributed by atoms with van der Waals surface area (Å²) in [6.07, 6.45) is 10.6. The van der Waals surface area contributed by atoms with Crippen LogP contribution in [0.4, 0.5) is 11.4 Å². The third-order valence-corrected chi connectivity index (χ3v) is 6.33. The predicted molar refractivity (Wildman–Crippen MR) is 115 cm³/mol. The lowest BCUT2D eigenvalue weighted by Crippen LogP contribution is -2.22. The Bertz CT molecular complexity index is 841. The van der Waals surface area contributed by atoms with E-state index in [0.717, 1.165) is 31.7 Å². The summed E-state index contributed by atoms with van der Waals surface area (Å²) in [5.41, 5.74) is 1.20. The Kier molecular flexibility index (Phi) is 6.94. The molecule has 1 aromatic heterocycles. The normalized spacial score (nSPS) is 17.6. The number of nitrogens with zero attached hydrogens (tertiary/aromatic N) is 4. The summed E-state index contributed by atoms with van der Waals surface area (Å²) in [5, 5.41) is 18.9. The van der Waals surface area contributed by atoms with Gasteiger partial charge in [0.15, 0.2) is 0 Å². The lowest BCUT2D eigenvalue weighted by atomic mass is 10.0. The van der Waals surface area contributed by atoms with Crippen LogP contribution < -0.4 is 5.32 Å². The van der Waals surface area contributed by atoms with E-state index in [-0.39, 0.29) is 10.6 Å².